The van der Waals surface area contributed by atoms with Crippen LogP contribution in [0, 0.1) is 12.8 Å². The van der Waals surface area contributed by atoms with Gasteiger partial charge < -0.3 is 15.0 Å². The first kappa shape index (κ1) is 19.0. The second-order valence-corrected chi connectivity index (χ2v) is 6.31. The number of nitrogens with zero attached hydrogens (tertiary/aromatic N) is 1. The minimum atomic E-state index is -0.237. The molecule has 0 aromatic heterocycles. The van der Waals surface area contributed by atoms with Crippen LogP contribution < -0.4 is 5.32 Å². The number of rotatable bonds is 6. The first-order valence-corrected chi connectivity index (χ1v) is 8.80. The second-order valence-electron chi connectivity index (χ2n) is 6.31. The molecule has 2 rings (SSSR count). The summed E-state index contributed by atoms with van der Waals surface area (Å²) >= 11 is 0. The van der Waals surface area contributed by atoms with E-state index >= 15 is 0 Å². The maximum atomic E-state index is 12.3. The quantitative estimate of drug-likeness (QED) is 0.799. The lowest BCUT2D eigenvalue weighted by molar-refractivity contribution is -0.151. The van der Waals surface area contributed by atoms with E-state index in [-0.39, 0.29) is 36.7 Å². The average Bonchev–Trinajstić information content (AvgIpc) is 2.62. The van der Waals surface area contributed by atoms with Gasteiger partial charge >= 0.3 is 5.97 Å². The largest absolute Gasteiger partial charge is 0.466 e. The molecule has 1 aromatic carbocycles. The molecule has 1 fully saturated rings. The number of aryl methyl sites for hydroxylation is 1. The Hall–Kier alpha value is -2.37. The molecular formula is C19H26N2O4. The molecule has 2 amide bonds. The number of amides is 2. The van der Waals surface area contributed by atoms with Gasteiger partial charge in [0.05, 0.1) is 12.5 Å². The molecule has 136 valence electrons. The lowest BCUT2D eigenvalue weighted by atomic mass is 9.98. The van der Waals surface area contributed by atoms with Gasteiger partial charge in [-0.25, -0.2) is 0 Å². The Morgan fingerprint density at radius 2 is 2.12 bits per heavy atom. The third-order valence-corrected chi connectivity index (χ3v) is 4.30. The molecular weight excluding hydrogens is 320 g/mol. The van der Waals surface area contributed by atoms with Crippen LogP contribution in [-0.2, 0) is 14.3 Å². The number of nitrogens with one attached hydrogen (secondary N) is 1. The van der Waals surface area contributed by atoms with Gasteiger partial charge in [-0.2, -0.15) is 0 Å². The van der Waals surface area contributed by atoms with Crippen molar-refractivity contribution in [2.75, 3.05) is 26.2 Å². The van der Waals surface area contributed by atoms with Gasteiger partial charge in [-0.15, -0.1) is 0 Å². The molecule has 0 spiro atoms. The standard InChI is InChI=1S/C19H26N2O4/c1-3-25-19(24)16-8-5-11-21(13-16)17(22)9-10-20-18(23)15-7-4-6-14(2)12-15/h4,6-7,12,16H,3,5,8-11,13H2,1-2H3,(H,20,23)/t16-/m1/s1. The number of benzene rings is 1. The molecule has 1 heterocycles. The van der Waals surface area contributed by atoms with Crippen molar-refractivity contribution in [3.05, 3.63) is 35.4 Å². The molecule has 0 unspecified atom stereocenters. The van der Waals surface area contributed by atoms with E-state index in [1.165, 1.54) is 0 Å². The zero-order valence-corrected chi connectivity index (χ0v) is 14.9. The lowest BCUT2D eigenvalue weighted by Gasteiger charge is -2.31. The fourth-order valence-corrected chi connectivity index (χ4v) is 2.99. The molecule has 0 aliphatic carbocycles. The van der Waals surface area contributed by atoms with E-state index in [4.69, 9.17) is 4.74 Å². The summed E-state index contributed by atoms with van der Waals surface area (Å²) in [6, 6.07) is 7.32. The molecule has 0 bridgehead atoms. The number of esters is 1. The van der Waals surface area contributed by atoms with E-state index in [0.29, 0.717) is 25.3 Å². The van der Waals surface area contributed by atoms with Crippen LogP contribution in [0.4, 0.5) is 0 Å². The lowest BCUT2D eigenvalue weighted by Crippen LogP contribution is -2.43. The Balaban J connectivity index is 1.78. The summed E-state index contributed by atoms with van der Waals surface area (Å²) in [7, 11) is 0. The molecule has 1 aliphatic rings. The van der Waals surface area contributed by atoms with Crippen molar-refractivity contribution in [1.82, 2.24) is 10.2 Å². The van der Waals surface area contributed by atoms with Crippen LogP contribution in [0.5, 0.6) is 0 Å². The summed E-state index contributed by atoms with van der Waals surface area (Å²) in [6.45, 7) is 5.40. The highest BCUT2D eigenvalue weighted by atomic mass is 16.5. The Bertz CT molecular complexity index is 630. The summed E-state index contributed by atoms with van der Waals surface area (Å²) in [5, 5.41) is 2.77. The Morgan fingerprint density at radius 1 is 1.32 bits per heavy atom. The molecule has 25 heavy (non-hydrogen) atoms. The van der Waals surface area contributed by atoms with Gasteiger partial charge in [0.1, 0.15) is 0 Å². The molecule has 6 nitrogen and oxygen atoms in total. The molecule has 0 saturated carbocycles. The van der Waals surface area contributed by atoms with Gasteiger partial charge in [-0.1, -0.05) is 17.7 Å². The molecule has 6 heteroatoms. The van der Waals surface area contributed by atoms with E-state index in [0.717, 1.165) is 18.4 Å². The highest BCUT2D eigenvalue weighted by Gasteiger charge is 2.29. The average molecular weight is 346 g/mol. The van der Waals surface area contributed by atoms with Crippen molar-refractivity contribution in [2.45, 2.75) is 33.1 Å². The first-order valence-electron chi connectivity index (χ1n) is 8.80. The van der Waals surface area contributed by atoms with Crippen molar-refractivity contribution in [1.29, 1.82) is 0 Å². The smallest absolute Gasteiger partial charge is 0.310 e. The van der Waals surface area contributed by atoms with E-state index in [9.17, 15) is 14.4 Å². The number of piperidine rings is 1. The minimum Gasteiger partial charge on any atom is -0.466 e. The van der Waals surface area contributed by atoms with Crippen molar-refractivity contribution in [2.24, 2.45) is 5.92 Å². The third-order valence-electron chi connectivity index (χ3n) is 4.30. The Kier molecular flexibility index (Phi) is 6.98. The first-order chi connectivity index (χ1) is 12.0. The molecule has 1 aliphatic heterocycles. The topological polar surface area (TPSA) is 75.7 Å². The van der Waals surface area contributed by atoms with E-state index in [2.05, 4.69) is 5.32 Å². The highest BCUT2D eigenvalue weighted by Crippen LogP contribution is 2.18. The number of carbonyl (C=O) groups is 3. The van der Waals surface area contributed by atoms with Crippen LogP contribution in [-0.4, -0.2) is 48.9 Å². The maximum absolute atomic E-state index is 12.3. The number of ether oxygens (including phenoxy) is 1. The van der Waals surface area contributed by atoms with Gasteiger partial charge in [0.25, 0.3) is 5.91 Å². The van der Waals surface area contributed by atoms with Crippen LogP contribution in [0.2, 0.25) is 0 Å². The summed E-state index contributed by atoms with van der Waals surface area (Å²) < 4.78 is 5.05. The molecule has 1 N–H and O–H groups in total. The van der Waals surface area contributed by atoms with Crippen molar-refractivity contribution in [3.63, 3.8) is 0 Å². The summed E-state index contributed by atoms with van der Waals surface area (Å²) in [6.07, 6.45) is 1.78. The van der Waals surface area contributed by atoms with Gasteiger partial charge in [0, 0.05) is 31.6 Å². The molecule has 0 radical (unpaired) electrons. The summed E-state index contributed by atoms with van der Waals surface area (Å²) in [4.78, 5) is 37.9. The Morgan fingerprint density at radius 3 is 2.84 bits per heavy atom. The molecule has 1 saturated heterocycles. The zero-order valence-electron chi connectivity index (χ0n) is 14.9. The van der Waals surface area contributed by atoms with Crippen molar-refractivity contribution >= 4 is 17.8 Å². The highest BCUT2D eigenvalue weighted by molar-refractivity contribution is 5.94. The SMILES string of the molecule is CCOC(=O)[C@@H]1CCCN(C(=O)CCNC(=O)c2cccc(C)c2)C1. The van der Waals surface area contributed by atoms with Gasteiger partial charge in [0.2, 0.25) is 5.91 Å². The molecule has 1 aromatic rings. The van der Waals surface area contributed by atoms with E-state index in [1.807, 2.05) is 25.1 Å². The third kappa shape index (κ3) is 5.59. The number of carbonyl (C=O) groups excluding carboxylic acids is 3. The summed E-state index contributed by atoms with van der Waals surface area (Å²) in [5.74, 6) is -0.689. The van der Waals surface area contributed by atoms with E-state index < -0.39 is 0 Å². The van der Waals surface area contributed by atoms with Gasteiger partial charge in [0.15, 0.2) is 0 Å². The monoisotopic (exact) mass is 346 g/mol. The van der Waals surface area contributed by atoms with E-state index in [1.54, 1.807) is 17.9 Å². The van der Waals surface area contributed by atoms with Crippen LogP contribution in [0.15, 0.2) is 24.3 Å². The van der Waals surface area contributed by atoms with Crippen LogP contribution >= 0.6 is 0 Å². The van der Waals surface area contributed by atoms with Gasteiger partial charge in [-0.05, 0) is 38.8 Å². The van der Waals surface area contributed by atoms with Crippen LogP contribution in [0.3, 0.4) is 0 Å². The fourth-order valence-electron chi connectivity index (χ4n) is 2.99. The number of hydrogen-bond donors (Lipinski definition) is 1. The Labute approximate surface area is 148 Å². The predicted octanol–water partition coefficient (Wildman–Crippen LogP) is 1.92. The maximum Gasteiger partial charge on any atom is 0.310 e. The fraction of sp³-hybridized carbons (Fsp3) is 0.526. The molecule has 1 atom stereocenters. The van der Waals surface area contributed by atoms with Gasteiger partial charge in [-0.3, -0.25) is 14.4 Å². The van der Waals surface area contributed by atoms with Crippen molar-refractivity contribution in [3.8, 4) is 0 Å². The number of hydrogen-bond acceptors (Lipinski definition) is 4. The minimum absolute atomic E-state index is 0.0430. The van der Waals surface area contributed by atoms with Crippen LogP contribution in [0.25, 0.3) is 0 Å². The number of likely N-dealkylation sites (tertiary alicyclic amines) is 1. The summed E-state index contributed by atoms with van der Waals surface area (Å²) in [5.41, 5.74) is 1.61. The second kappa shape index (κ2) is 9.20. The zero-order chi connectivity index (χ0) is 18.2. The predicted molar refractivity (Wildman–Crippen MR) is 94.1 cm³/mol. The van der Waals surface area contributed by atoms with Crippen molar-refractivity contribution < 1.29 is 19.1 Å². The normalized spacial score (nSPS) is 17.0. The van der Waals surface area contributed by atoms with Crippen LogP contribution in [0.1, 0.15) is 42.1 Å².